The number of hydrogen-bond donors (Lipinski definition) is 1. The number of benzene rings is 1. The monoisotopic (exact) mass is 241 g/mol. The first-order valence-electron chi connectivity index (χ1n) is 6.06. The van der Waals surface area contributed by atoms with E-state index < -0.39 is 0 Å². The van der Waals surface area contributed by atoms with Gasteiger partial charge in [-0.05, 0) is 30.7 Å². The first kappa shape index (κ1) is 11.0. The molecule has 1 aromatic carbocycles. The van der Waals surface area contributed by atoms with Gasteiger partial charge in [-0.15, -0.1) is 0 Å². The Balaban J connectivity index is 2.06. The molecule has 2 aromatic rings. The standard InChI is InChI=1S/C14H15N3O/c1-9-16-12(8-14(15-2)17-9)10-3-4-13-11(7-10)5-6-18-13/h3-4,7-8H,5-6H2,1-2H3,(H,15,16,17). The minimum absolute atomic E-state index is 0.772. The highest BCUT2D eigenvalue weighted by Gasteiger charge is 2.13. The van der Waals surface area contributed by atoms with Gasteiger partial charge in [0.2, 0.25) is 0 Å². The van der Waals surface area contributed by atoms with Crippen LogP contribution in [0.5, 0.6) is 5.75 Å². The average Bonchev–Trinajstić information content (AvgIpc) is 2.85. The highest BCUT2D eigenvalue weighted by Crippen LogP contribution is 2.30. The number of anilines is 1. The van der Waals surface area contributed by atoms with Crippen LogP contribution in [0, 0.1) is 6.92 Å². The Bertz CT molecular complexity index is 596. The van der Waals surface area contributed by atoms with E-state index in [1.807, 2.05) is 32.2 Å². The molecule has 1 aromatic heterocycles. The number of nitrogens with zero attached hydrogens (tertiary/aromatic N) is 2. The minimum atomic E-state index is 0.772. The van der Waals surface area contributed by atoms with Crippen LogP contribution in [0.2, 0.25) is 0 Å². The summed E-state index contributed by atoms with van der Waals surface area (Å²) in [6, 6.07) is 8.19. The van der Waals surface area contributed by atoms with Crippen LogP contribution in [0.3, 0.4) is 0 Å². The van der Waals surface area contributed by atoms with Gasteiger partial charge in [0.05, 0.1) is 12.3 Å². The third kappa shape index (κ3) is 1.90. The van der Waals surface area contributed by atoms with Crippen LogP contribution >= 0.6 is 0 Å². The Kier molecular flexibility index (Phi) is 2.63. The molecule has 4 heteroatoms. The number of ether oxygens (including phenoxy) is 1. The normalized spacial score (nSPS) is 13.0. The molecule has 0 atom stereocenters. The molecule has 2 heterocycles. The van der Waals surface area contributed by atoms with E-state index in [9.17, 15) is 0 Å². The molecule has 0 fully saturated rings. The van der Waals surface area contributed by atoms with Gasteiger partial charge >= 0.3 is 0 Å². The van der Waals surface area contributed by atoms with Crippen molar-refractivity contribution in [3.05, 3.63) is 35.7 Å². The summed E-state index contributed by atoms with van der Waals surface area (Å²) >= 11 is 0. The maximum atomic E-state index is 5.51. The van der Waals surface area contributed by atoms with E-state index in [1.54, 1.807) is 0 Å². The van der Waals surface area contributed by atoms with E-state index in [1.165, 1.54) is 5.56 Å². The van der Waals surface area contributed by atoms with Crippen molar-refractivity contribution >= 4 is 5.82 Å². The number of fused-ring (bicyclic) bond motifs is 1. The van der Waals surface area contributed by atoms with Crippen LogP contribution in [0.4, 0.5) is 5.82 Å². The molecule has 0 saturated heterocycles. The zero-order valence-electron chi connectivity index (χ0n) is 10.5. The van der Waals surface area contributed by atoms with Gasteiger partial charge in [-0.25, -0.2) is 9.97 Å². The summed E-state index contributed by atoms with van der Waals surface area (Å²) in [6.45, 7) is 2.68. The molecule has 4 nitrogen and oxygen atoms in total. The van der Waals surface area contributed by atoms with Crippen molar-refractivity contribution in [2.75, 3.05) is 19.0 Å². The second-order valence-electron chi connectivity index (χ2n) is 4.36. The fourth-order valence-electron chi connectivity index (χ4n) is 2.19. The van der Waals surface area contributed by atoms with Crippen molar-refractivity contribution < 1.29 is 4.74 Å². The third-order valence-corrected chi connectivity index (χ3v) is 3.08. The first-order chi connectivity index (χ1) is 8.76. The van der Waals surface area contributed by atoms with Crippen LogP contribution in [-0.2, 0) is 6.42 Å². The zero-order valence-corrected chi connectivity index (χ0v) is 10.5. The van der Waals surface area contributed by atoms with Crippen molar-refractivity contribution in [3.8, 4) is 17.0 Å². The molecule has 3 rings (SSSR count). The highest BCUT2D eigenvalue weighted by molar-refractivity contribution is 5.65. The van der Waals surface area contributed by atoms with Gasteiger partial charge < -0.3 is 10.1 Å². The summed E-state index contributed by atoms with van der Waals surface area (Å²) in [5, 5.41) is 3.05. The van der Waals surface area contributed by atoms with E-state index in [2.05, 4.69) is 21.4 Å². The number of aromatic nitrogens is 2. The molecule has 1 N–H and O–H groups in total. The van der Waals surface area contributed by atoms with Crippen molar-refractivity contribution in [2.24, 2.45) is 0 Å². The summed E-state index contributed by atoms with van der Waals surface area (Å²) in [6.07, 6.45) is 0.978. The fourth-order valence-corrected chi connectivity index (χ4v) is 2.19. The molecule has 1 aliphatic rings. The molecule has 0 radical (unpaired) electrons. The van der Waals surface area contributed by atoms with Crippen LogP contribution in [0.25, 0.3) is 11.3 Å². The largest absolute Gasteiger partial charge is 0.493 e. The summed E-state index contributed by atoms with van der Waals surface area (Å²) in [5.74, 6) is 2.61. The molecule has 0 saturated carbocycles. The van der Waals surface area contributed by atoms with Gasteiger partial charge in [0.15, 0.2) is 0 Å². The molecule has 92 valence electrons. The Labute approximate surface area is 106 Å². The molecular formula is C14H15N3O. The molecule has 0 amide bonds. The summed E-state index contributed by atoms with van der Waals surface area (Å²) in [5.41, 5.74) is 3.32. The second kappa shape index (κ2) is 4.29. The van der Waals surface area contributed by atoms with Crippen molar-refractivity contribution in [1.82, 2.24) is 9.97 Å². The lowest BCUT2D eigenvalue weighted by atomic mass is 10.1. The van der Waals surface area contributed by atoms with Gasteiger partial charge in [-0.3, -0.25) is 0 Å². The number of hydrogen-bond acceptors (Lipinski definition) is 4. The lowest BCUT2D eigenvalue weighted by molar-refractivity contribution is 0.357. The van der Waals surface area contributed by atoms with Crippen LogP contribution in [0.1, 0.15) is 11.4 Å². The third-order valence-electron chi connectivity index (χ3n) is 3.08. The lowest BCUT2D eigenvalue weighted by Crippen LogP contribution is -1.98. The molecule has 0 spiro atoms. The number of nitrogens with one attached hydrogen (secondary N) is 1. The maximum absolute atomic E-state index is 5.51. The predicted octanol–water partition coefficient (Wildman–Crippen LogP) is 2.43. The summed E-state index contributed by atoms with van der Waals surface area (Å²) in [4.78, 5) is 8.79. The fraction of sp³-hybridized carbons (Fsp3) is 0.286. The Morgan fingerprint density at radius 1 is 1.22 bits per heavy atom. The first-order valence-corrected chi connectivity index (χ1v) is 6.06. The Hall–Kier alpha value is -2.10. The van der Waals surface area contributed by atoms with Gasteiger partial charge in [0.25, 0.3) is 0 Å². The molecule has 0 aliphatic carbocycles. The van der Waals surface area contributed by atoms with Crippen LogP contribution in [0.15, 0.2) is 24.3 Å². The topological polar surface area (TPSA) is 47.0 Å². The Morgan fingerprint density at radius 2 is 2.11 bits per heavy atom. The van der Waals surface area contributed by atoms with Gasteiger partial charge in [-0.2, -0.15) is 0 Å². The van der Waals surface area contributed by atoms with E-state index in [0.717, 1.165) is 41.7 Å². The maximum Gasteiger partial charge on any atom is 0.130 e. The Morgan fingerprint density at radius 3 is 2.94 bits per heavy atom. The molecule has 18 heavy (non-hydrogen) atoms. The SMILES string of the molecule is CNc1cc(-c2ccc3c(c2)CCO3)nc(C)n1. The molecule has 0 bridgehead atoms. The quantitative estimate of drug-likeness (QED) is 0.877. The zero-order chi connectivity index (χ0) is 12.5. The van der Waals surface area contributed by atoms with Crippen molar-refractivity contribution in [3.63, 3.8) is 0 Å². The van der Waals surface area contributed by atoms with E-state index in [-0.39, 0.29) is 0 Å². The van der Waals surface area contributed by atoms with Gasteiger partial charge in [0, 0.05) is 25.1 Å². The molecule has 1 aliphatic heterocycles. The summed E-state index contributed by atoms with van der Waals surface area (Å²) < 4.78 is 5.51. The van der Waals surface area contributed by atoms with E-state index >= 15 is 0 Å². The van der Waals surface area contributed by atoms with E-state index in [4.69, 9.17) is 4.74 Å². The average molecular weight is 241 g/mol. The molecular weight excluding hydrogens is 226 g/mol. The van der Waals surface area contributed by atoms with Gasteiger partial charge in [0.1, 0.15) is 17.4 Å². The van der Waals surface area contributed by atoms with Crippen molar-refractivity contribution in [2.45, 2.75) is 13.3 Å². The van der Waals surface area contributed by atoms with Gasteiger partial charge in [-0.1, -0.05) is 0 Å². The highest BCUT2D eigenvalue weighted by atomic mass is 16.5. The lowest BCUT2D eigenvalue weighted by Gasteiger charge is -2.07. The molecule has 0 unspecified atom stereocenters. The summed E-state index contributed by atoms with van der Waals surface area (Å²) in [7, 11) is 1.86. The number of aryl methyl sites for hydroxylation is 1. The van der Waals surface area contributed by atoms with E-state index in [0.29, 0.717) is 0 Å². The predicted molar refractivity (Wildman–Crippen MR) is 71.0 cm³/mol. The minimum Gasteiger partial charge on any atom is -0.493 e. The number of rotatable bonds is 2. The van der Waals surface area contributed by atoms with Crippen molar-refractivity contribution in [1.29, 1.82) is 0 Å². The van der Waals surface area contributed by atoms with Crippen LogP contribution < -0.4 is 10.1 Å². The van der Waals surface area contributed by atoms with Crippen LogP contribution in [-0.4, -0.2) is 23.6 Å². The second-order valence-corrected chi connectivity index (χ2v) is 4.36. The smallest absolute Gasteiger partial charge is 0.130 e.